The van der Waals surface area contributed by atoms with Gasteiger partial charge in [-0.15, -0.1) is 10.2 Å². The number of halogens is 1. The van der Waals surface area contributed by atoms with Crippen LogP contribution in [-0.2, 0) is 26.1 Å². The number of benzene rings is 1. The third-order valence-electron chi connectivity index (χ3n) is 4.16. The molecule has 0 spiro atoms. The molecule has 1 aromatic carbocycles. The maximum absolute atomic E-state index is 6.32. The highest BCUT2D eigenvalue weighted by molar-refractivity contribution is 6.32. The lowest BCUT2D eigenvalue weighted by Crippen LogP contribution is -2.16. The average Bonchev–Trinajstić information content (AvgIpc) is 3.06. The molecule has 0 fully saturated rings. The summed E-state index contributed by atoms with van der Waals surface area (Å²) in [6, 6.07) is 3.92. The number of hydrogen-bond donors (Lipinski definition) is 1. The lowest BCUT2D eigenvalue weighted by atomic mass is 10.2. The lowest BCUT2D eigenvalue weighted by Gasteiger charge is -2.12. The zero-order valence-electron chi connectivity index (χ0n) is 12.8. The highest BCUT2D eigenvalue weighted by Gasteiger charge is 2.18. The Bertz CT molecular complexity index is 716. The number of aryl methyl sites for hydroxylation is 1. The van der Waals surface area contributed by atoms with Crippen LogP contribution in [0.1, 0.15) is 30.1 Å². The summed E-state index contributed by atoms with van der Waals surface area (Å²) in [5.74, 6) is 3.48. The predicted molar refractivity (Wildman–Crippen MR) is 85.9 cm³/mol. The molecule has 0 bridgehead atoms. The summed E-state index contributed by atoms with van der Waals surface area (Å²) >= 11 is 6.32. The van der Waals surface area contributed by atoms with Crippen molar-refractivity contribution >= 4 is 11.6 Å². The van der Waals surface area contributed by atoms with E-state index in [9.17, 15) is 0 Å². The molecular formula is C16H19ClN4O2. The minimum Gasteiger partial charge on any atom is -0.489 e. The minimum absolute atomic E-state index is 0.601. The maximum atomic E-state index is 6.32. The molecular weight excluding hydrogens is 316 g/mol. The molecule has 3 heterocycles. The lowest BCUT2D eigenvalue weighted by molar-refractivity contribution is 0.297. The Hall–Kier alpha value is -1.79. The third kappa shape index (κ3) is 3.01. The molecule has 0 atom stereocenters. The second-order valence-corrected chi connectivity index (χ2v) is 6.25. The topological polar surface area (TPSA) is 61.2 Å². The Balaban J connectivity index is 1.43. The number of fused-ring (bicyclic) bond motifs is 2. The first kappa shape index (κ1) is 14.8. The van der Waals surface area contributed by atoms with E-state index < -0.39 is 0 Å². The van der Waals surface area contributed by atoms with Crippen molar-refractivity contribution in [2.45, 2.75) is 38.9 Å². The van der Waals surface area contributed by atoms with Crippen molar-refractivity contribution in [2.75, 3.05) is 13.2 Å². The first-order valence-electron chi connectivity index (χ1n) is 8.01. The van der Waals surface area contributed by atoms with Gasteiger partial charge in [0.1, 0.15) is 11.6 Å². The summed E-state index contributed by atoms with van der Waals surface area (Å²) in [4.78, 5) is 0. The molecule has 122 valence electrons. The molecule has 0 saturated heterocycles. The molecule has 2 aliphatic rings. The van der Waals surface area contributed by atoms with Crippen LogP contribution in [0.3, 0.4) is 0 Å². The quantitative estimate of drug-likeness (QED) is 0.929. The van der Waals surface area contributed by atoms with E-state index in [2.05, 4.69) is 20.1 Å². The van der Waals surface area contributed by atoms with E-state index in [1.54, 1.807) is 0 Å². The predicted octanol–water partition coefficient (Wildman–Crippen LogP) is 2.33. The van der Waals surface area contributed by atoms with Crippen LogP contribution >= 0.6 is 11.6 Å². The zero-order valence-corrected chi connectivity index (χ0v) is 13.6. The van der Waals surface area contributed by atoms with Gasteiger partial charge in [-0.3, -0.25) is 0 Å². The Kier molecular flexibility index (Phi) is 4.10. The van der Waals surface area contributed by atoms with Crippen LogP contribution < -0.4 is 14.8 Å². The fourth-order valence-electron chi connectivity index (χ4n) is 3.05. The Morgan fingerprint density at radius 2 is 2.04 bits per heavy atom. The molecule has 4 rings (SSSR count). The molecule has 1 aromatic heterocycles. The summed E-state index contributed by atoms with van der Waals surface area (Å²) in [5.41, 5.74) is 1.07. The molecule has 2 aliphatic heterocycles. The average molecular weight is 335 g/mol. The Morgan fingerprint density at radius 1 is 1.13 bits per heavy atom. The van der Waals surface area contributed by atoms with Crippen molar-refractivity contribution in [1.29, 1.82) is 0 Å². The van der Waals surface area contributed by atoms with Crippen LogP contribution in [0.25, 0.3) is 0 Å². The Labute approximate surface area is 139 Å². The number of nitrogens with zero attached hydrogens (tertiary/aromatic N) is 3. The number of aromatic nitrogens is 3. The molecule has 6 nitrogen and oxygen atoms in total. The summed E-state index contributed by atoms with van der Waals surface area (Å²) in [5, 5.41) is 12.5. The van der Waals surface area contributed by atoms with Crippen LogP contribution in [0, 0.1) is 0 Å². The van der Waals surface area contributed by atoms with Crippen LogP contribution in [0.2, 0.25) is 5.02 Å². The van der Waals surface area contributed by atoms with Crippen molar-refractivity contribution in [1.82, 2.24) is 20.1 Å². The van der Waals surface area contributed by atoms with Gasteiger partial charge in [0.25, 0.3) is 0 Å². The van der Waals surface area contributed by atoms with Gasteiger partial charge in [-0.2, -0.15) is 0 Å². The number of nitrogens with one attached hydrogen (secondary N) is 1. The zero-order chi connectivity index (χ0) is 15.6. The normalized spacial score (nSPS) is 16.2. The van der Waals surface area contributed by atoms with Crippen molar-refractivity contribution in [3.05, 3.63) is 34.4 Å². The first-order valence-corrected chi connectivity index (χ1v) is 8.39. The van der Waals surface area contributed by atoms with E-state index in [1.807, 2.05) is 12.1 Å². The number of ether oxygens (including phenoxy) is 2. The SMILES string of the molecule is Clc1cc(CNCc2nnc3n2CCC3)cc2c1OCCCO2. The molecule has 0 unspecified atom stereocenters. The van der Waals surface area contributed by atoms with Gasteiger partial charge in [0, 0.05) is 25.9 Å². The first-order chi connectivity index (χ1) is 11.3. The Morgan fingerprint density at radius 3 is 3.00 bits per heavy atom. The second kappa shape index (κ2) is 6.37. The monoisotopic (exact) mass is 334 g/mol. The number of rotatable bonds is 4. The smallest absolute Gasteiger partial charge is 0.179 e. The van der Waals surface area contributed by atoms with Gasteiger partial charge in [-0.25, -0.2) is 0 Å². The van der Waals surface area contributed by atoms with Crippen molar-refractivity contribution in [3.8, 4) is 11.5 Å². The third-order valence-corrected chi connectivity index (χ3v) is 4.44. The molecule has 1 N–H and O–H groups in total. The fourth-order valence-corrected chi connectivity index (χ4v) is 3.33. The highest BCUT2D eigenvalue weighted by Crippen LogP contribution is 2.37. The van der Waals surface area contributed by atoms with Gasteiger partial charge >= 0.3 is 0 Å². The van der Waals surface area contributed by atoms with Gasteiger partial charge in [-0.1, -0.05) is 11.6 Å². The van der Waals surface area contributed by atoms with E-state index in [4.69, 9.17) is 21.1 Å². The highest BCUT2D eigenvalue weighted by atomic mass is 35.5. The van der Waals surface area contributed by atoms with E-state index in [1.165, 1.54) is 0 Å². The summed E-state index contributed by atoms with van der Waals surface area (Å²) in [6.07, 6.45) is 3.07. The molecule has 0 radical (unpaired) electrons. The summed E-state index contributed by atoms with van der Waals surface area (Å²) in [6.45, 7) is 3.71. The fraction of sp³-hybridized carbons (Fsp3) is 0.500. The van der Waals surface area contributed by atoms with Crippen molar-refractivity contribution in [2.24, 2.45) is 0 Å². The molecule has 0 amide bonds. The van der Waals surface area contributed by atoms with E-state index in [0.717, 1.165) is 48.8 Å². The van der Waals surface area contributed by atoms with Crippen molar-refractivity contribution in [3.63, 3.8) is 0 Å². The van der Waals surface area contributed by atoms with Crippen molar-refractivity contribution < 1.29 is 9.47 Å². The van der Waals surface area contributed by atoms with E-state index in [0.29, 0.717) is 37.1 Å². The van der Waals surface area contributed by atoms with Gasteiger partial charge in [0.2, 0.25) is 0 Å². The second-order valence-electron chi connectivity index (χ2n) is 5.85. The molecule has 0 saturated carbocycles. The molecule has 2 aromatic rings. The molecule has 0 aliphatic carbocycles. The maximum Gasteiger partial charge on any atom is 0.179 e. The number of hydrogen-bond acceptors (Lipinski definition) is 5. The van der Waals surface area contributed by atoms with Gasteiger partial charge < -0.3 is 19.4 Å². The molecule has 23 heavy (non-hydrogen) atoms. The van der Waals surface area contributed by atoms with Crippen LogP contribution in [0.5, 0.6) is 11.5 Å². The van der Waals surface area contributed by atoms with Gasteiger partial charge in [0.05, 0.1) is 24.8 Å². The van der Waals surface area contributed by atoms with Crippen LogP contribution in [0.4, 0.5) is 0 Å². The summed E-state index contributed by atoms with van der Waals surface area (Å²) in [7, 11) is 0. The molecule has 7 heteroatoms. The minimum atomic E-state index is 0.601. The summed E-state index contributed by atoms with van der Waals surface area (Å²) < 4.78 is 13.6. The van der Waals surface area contributed by atoms with Gasteiger partial charge in [-0.05, 0) is 24.1 Å². The van der Waals surface area contributed by atoms with Crippen LogP contribution in [0.15, 0.2) is 12.1 Å². The van der Waals surface area contributed by atoms with Gasteiger partial charge in [0.15, 0.2) is 11.5 Å². The van der Waals surface area contributed by atoms with E-state index in [-0.39, 0.29) is 0 Å². The van der Waals surface area contributed by atoms with Crippen LogP contribution in [-0.4, -0.2) is 28.0 Å². The van der Waals surface area contributed by atoms with E-state index >= 15 is 0 Å². The largest absolute Gasteiger partial charge is 0.489 e. The standard InChI is InChI=1S/C16H19ClN4O2/c17-12-7-11(8-13-16(12)23-6-2-5-22-13)9-18-10-15-20-19-14-3-1-4-21(14)15/h7-8,18H,1-6,9-10H2.